The maximum Gasteiger partial charge on any atom is 0.357 e. The van der Waals surface area contributed by atoms with Gasteiger partial charge in [0.15, 0.2) is 17.2 Å². The van der Waals surface area contributed by atoms with Crippen LogP contribution in [-0.2, 0) is 27.2 Å². The van der Waals surface area contributed by atoms with Gasteiger partial charge in [0.05, 0.1) is 51.3 Å². The number of nitrogens with zero attached hydrogens (tertiary/aromatic N) is 2. The van der Waals surface area contributed by atoms with E-state index in [-0.39, 0.29) is 36.7 Å². The summed E-state index contributed by atoms with van der Waals surface area (Å²) < 4.78 is 28.8. The number of ether oxygens (including phenoxy) is 5. The zero-order valence-corrected chi connectivity index (χ0v) is 26.8. The zero-order valence-electron chi connectivity index (χ0n) is 26.8. The number of anilines is 1. The third-order valence-corrected chi connectivity index (χ3v) is 7.64. The van der Waals surface area contributed by atoms with Crippen LogP contribution in [0.15, 0.2) is 18.2 Å². The van der Waals surface area contributed by atoms with E-state index in [1.807, 2.05) is 6.07 Å². The molecule has 10 nitrogen and oxygen atoms in total. The molecule has 0 saturated carbocycles. The van der Waals surface area contributed by atoms with Gasteiger partial charge in [-0.15, -0.1) is 0 Å². The molecule has 3 aromatic rings. The maximum atomic E-state index is 13.2. The van der Waals surface area contributed by atoms with Crippen LogP contribution in [0.3, 0.4) is 0 Å². The van der Waals surface area contributed by atoms with Gasteiger partial charge in [0.2, 0.25) is 5.75 Å². The first-order chi connectivity index (χ1) is 21.3. The topological polar surface area (TPSA) is 135 Å². The lowest BCUT2D eigenvalue weighted by Crippen LogP contribution is -2.20. The number of hydrogen-bond donors (Lipinski definition) is 1. The minimum absolute atomic E-state index is 0.00955. The molecule has 3 rings (SSSR count). The molecule has 0 bridgehead atoms. The number of methoxy groups -OCH3 is 3. The van der Waals surface area contributed by atoms with Crippen LogP contribution in [0.1, 0.15) is 87.3 Å². The number of benzene rings is 2. The van der Waals surface area contributed by atoms with Crippen molar-refractivity contribution in [1.82, 2.24) is 4.57 Å². The number of rotatable bonds is 17. The number of aryl methyl sites for hydroxylation is 1. The van der Waals surface area contributed by atoms with Crippen LogP contribution < -0.4 is 19.9 Å². The van der Waals surface area contributed by atoms with Crippen LogP contribution in [0.2, 0.25) is 0 Å². The number of unbranched alkanes of at least 4 members (excludes halogenated alkanes) is 6. The van der Waals surface area contributed by atoms with Crippen molar-refractivity contribution in [2.45, 2.75) is 78.7 Å². The molecule has 44 heavy (non-hydrogen) atoms. The fourth-order valence-electron chi connectivity index (χ4n) is 5.65. The van der Waals surface area contributed by atoms with Gasteiger partial charge in [0.25, 0.3) is 0 Å². The van der Waals surface area contributed by atoms with E-state index in [0.29, 0.717) is 45.7 Å². The Bertz CT molecular complexity index is 1480. The Labute approximate surface area is 260 Å². The lowest BCUT2D eigenvalue weighted by atomic mass is 9.89. The lowest BCUT2D eigenvalue weighted by Gasteiger charge is -2.19. The highest BCUT2D eigenvalue weighted by Crippen LogP contribution is 2.45. The summed E-state index contributed by atoms with van der Waals surface area (Å²) in [5.74, 6) is 0.0341. The van der Waals surface area contributed by atoms with Crippen molar-refractivity contribution >= 4 is 28.5 Å². The second-order valence-corrected chi connectivity index (χ2v) is 10.5. The molecule has 0 aliphatic rings. The molecule has 0 atom stereocenters. The number of nitrogen functional groups attached to an aromatic ring is 1. The van der Waals surface area contributed by atoms with Crippen LogP contribution in [0.5, 0.6) is 17.2 Å². The average molecular weight is 608 g/mol. The highest BCUT2D eigenvalue weighted by atomic mass is 16.5. The number of nitrogens with two attached hydrogens (primary N) is 1. The zero-order chi connectivity index (χ0) is 32.2. The van der Waals surface area contributed by atoms with Gasteiger partial charge in [-0.2, -0.15) is 5.26 Å². The summed E-state index contributed by atoms with van der Waals surface area (Å²) in [5, 5.41) is 11.2. The first kappa shape index (κ1) is 34.1. The highest BCUT2D eigenvalue weighted by molar-refractivity contribution is 6.10. The molecule has 0 saturated heterocycles. The van der Waals surface area contributed by atoms with Crippen molar-refractivity contribution < 1.29 is 33.3 Å². The maximum absolute atomic E-state index is 13.2. The smallest absolute Gasteiger partial charge is 0.357 e. The molecule has 0 aliphatic carbocycles. The monoisotopic (exact) mass is 607 g/mol. The molecule has 0 unspecified atom stereocenters. The van der Waals surface area contributed by atoms with Crippen LogP contribution >= 0.6 is 0 Å². The van der Waals surface area contributed by atoms with Crippen LogP contribution in [0.4, 0.5) is 5.69 Å². The van der Waals surface area contributed by atoms with Gasteiger partial charge < -0.3 is 34.0 Å². The van der Waals surface area contributed by atoms with Crippen LogP contribution in [0, 0.1) is 11.3 Å². The molecule has 2 aromatic carbocycles. The first-order valence-electron chi connectivity index (χ1n) is 15.3. The summed E-state index contributed by atoms with van der Waals surface area (Å²) in [6.07, 6.45) is 8.55. The SMILES string of the molecule is CCCCCCCCCc1cc2c(N)c(C(=O)OCC)n(CC(=O)OCC)c2c(C#N)c1-c1cc(OC)c(OC)c(OC)c1. The van der Waals surface area contributed by atoms with E-state index < -0.39 is 11.9 Å². The first-order valence-corrected chi connectivity index (χ1v) is 15.3. The Morgan fingerprint density at radius 2 is 1.48 bits per heavy atom. The molecule has 0 aliphatic heterocycles. The molecule has 0 radical (unpaired) electrons. The number of aromatic nitrogens is 1. The summed E-state index contributed by atoms with van der Waals surface area (Å²) in [6.45, 7) is 5.54. The van der Waals surface area contributed by atoms with Crippen molar-refractivity contribution in [3.63, 3.8) is 0 Å². The minimum atomic E-state index is -0.683. The fourth-order valence-corrected chi connectivity index (χ4v) is 5.65. The number of esters is 2. The Balaban J connectivity index is 2.35. The van der Waals surface area contributed by atoms with Crippen molar-refractivity contribution in [3.05, 3.63) is 35.0 Å². The normalized spacial score (nSPS) is 10.8. The predicted molar refractivity (Wildman–Crippen MR) is 170 cm³/mol. The second kappa shape index (κ2) is 16.5. The van der Waals surface area contributed by atoms with E-state index in [1.54, 1.807) is 26.0 Å². The summed E-state index contributed by atoms with van der Waals surface area (Å²) in [6, 6.07) is 7.89. The summed E-state index contributed by atoms with van der Waals surface area (Å²) in [7, 11) is 4.60. The van der Waals surface area contributed by atoms with Gasteiger partial charge in [-0.25, -0.2) is 4.79 Å². The minimum Gasteiger partial charge on any atom is -0.493 e. The highest BCUT2D eigenvalue weighted by Gasteiger charge is 2.29. The molecule has 2 N–H and O–H groups in total. The average Bonchev–Trinajstić information content (AvgIpc) is 3.29. The predicted octanol–water partition coefficient (Wildman–Crippen LogP) is 6.82. The second-order valence-electron chi connectivity index (χ2n) is 10.5. The fraction of sp³-hybridized carbons (Fsp3) is 0.500. The largest absolute Gasteiger partial charge is 0.493 e. The van der Waals surface area contributed by atoms with E-state index in [1.165, 1.54) is 51.6 Å². The summed E-state index contributed by atoms with van der Waals surface area (Å²) in [5.41, 5.74) is 9.58. The number of hydrogen-bond acceptors (Lipinski definition) is 9. The third-order valence-electron chi connectivity index (χ3n) is 7.64. The van der Waals surface area contributed by atoms with E-state index in [4.69, 9.17) is 29.4 Å². The Hall–Kier alpha value is -4.39. The molecule has 0 amide bonds. The van der Waals surface area contributed by atoms with E-state index >= 15 is 0 Å². The summed E-state index contributed by atoms with van der Waals surface area (Å²) in [4.78, 5) is 25.9. The molecule has 238 valence electrons. The van der Waals surface area contributed by atoms with Gasteiger partial charge in [0.1, 0.15) is 12.6 Å². The van der Waals surface area contributed by atoms with E-state index in [9.17, 15) is 14.9 Å². The van der Waals surface area contributed by atoms with Gasteiger partial charge in [-0.3, -0.25) is 4.79 Å². The quantitative estimate of drug-likeness (QED) is 0.129. The Kier molecular flexibility index (Phi) is 12.8. The van der Waals surface area contributed by atoms with Gasteiger partial charge >= 0.3 is 11.9 Å². The molecule has 0 spiro atoms. The molecule has 0 fully saturated rings. The van der Waals surface area contributed by atoms with Crippen molar-refractivity contribution in [2.75, 3.05) is 40.3 Å². The Morgan fingerprint density at radius 1 is 0.864 bits per heavy atom. The number of fused-ring (bicyclic) bond motifs is 1. The number of carbonyl (C=O) groups is 2. The molecule has 1 heterocycles. The van der Waals surface area contributed by atoms with Crippen LogP contribution in [0.25, 0.3) is 22.0 Å². The number of carbonyl (C=O) groups excluding carboxylic acids is 2. The standard InChI is InChI=1S/C34H45N3O7/c1-7-10-11-12-13-14-15-16-22-17-24-30(36)32(34(39)44-9-3)37(21-28(38)43-8-2)31(24)25(20-35)29(22)23-18-26(40-4)33(42-6)27(19-23)41-5/h17-19H,7-16,21,36H2,1-6H3. The molecule has 1 aromatic heterocycles. The molecular weight excluding hydrogens is 562 g/mol. The van der Waals surface area contributed by atoms with Crippen molar-refractivity contribution in [2.24, 2.45) is 0 Å². The molecule has 10 heteroatoms. The summed E-state index contributed by atoms with van der Waals surface area (Å²) >= 11 is 0. The van der Waals surface area contributed by atoms with E-state index in [0.717, 1.165) is 24.8 Å². The van der Waals surface area contributed by atoms with Crippen LogP contribution in [-0.4, -0.2) is 51.0 Å². The van der Waals surface area contributed by atoms with Crippen molar-refractivity contribution in [1.29, 1.82) is 5.26 Å². The third kappa shape index (κ3) is 7.39. The van der Waals surface area contributed by atoms with Gasteiger partial charge in [0, 0.05) is 10.9 Å². The molecular formula is C34H45N3O7. The van der Waals surface area contributed by atoms with Gasteiger partial charge in [-0.1, -0.05) is 45.4 Å². The van der Waals surface area contributed by atoms with E-state index in [2.05, 4.69) is 13.0 Å². The number of nitriles is 1. The lowest BCUT2D eigenvalue weighted by molar-refractivity contribution is -0.143. The van der Waals surface area contributed by atoms with Gasteiger partial charge in [-0.05, 0) is 56.0 Å². The van der Waals surface area contributed by atoms with Crippen molar-refractivity contribution in [3.8, 4) is 34.4 Å². The Morgan fingerprint density at radius 3 is 2.02 bits per heavy atom.